The zero-order valence-electron chi connectivity index (χ0n) is 9.60. The highest BCUT2D eigenvalue weighted by atomic mass is 35.5. The fourth-order valence-electron chi connectivity index (χ4n) is 1.46. The molecule has 1 N–H and O–H groups in total. The van der Waals surface area contributed by atoms with E-state index in [4.69, 9.17) is 11.6 Å². The van der Waals surface area contributed by atoms with Crippen molar-refractivity contribution in [2.75, 3.05) is 6.54 Å². The van der Waals surface area contributed by atoms with Gasteiger partial charge in [0, 0.05) is 18.9 Å². The molecule has 0 saturated carbocycles. The van der Waals surface area contributed by atoms with Crippen molar-refractivity contribution in [1.29, 1.82) is 0 Å². The van der Waals surface area contributed by atoms with Crippen LogP contribution in [0.5, 0.6) is 0 Å². The zero-order chi connectivity index (χ0) is 12.1. The second-order valence-electron chi connectivity index (χ2n) is 3.65. The Kier molecular flexibility index (Phi) is 4.06. The molecule has 0 spiro atoms. The highest BCUT2D eigenvalue weighted by molar-refractivity contribution is 6.31. The molecule has 2 aromatic heterocycles. The molecule has 0 unspecified atom stereocenters. The number of rotatable bonds is 5. The number of nitrogens with zero attached hydrogens (tertiary/aromatic N) is 4. The van der Waals surface area contributed by atoms with Crippen LogP contribution in [-0.2, 0) is 13.1 Å². The molecule has 17 heavy (non-hydrogen) atoms. The van der Waals surface area contributed by atoms with Gasteiger partial charge in [-0.15, -0.1) is 5.10 Å². The van der Waals surface area contributed by atoms with Gasteiger partial charge in [0.15, 0.2) is 0 Å². The van der Waals surface area contributed by atoms with E-state index in [1.807, 2.05) is 12.3 Å². The van der Waals surface area contributed by atoms with Crippen molar-refractivity contribution in [2.24, 2.45) is 0 Å². The largest absolute Gasteiger partial charge is 0.311 e. The minimum atomic E-state index is 0.612. The maximum atomic E-state index is 6.03. The van der Waals surface area contributed by atoms with Crippen LogP contribution in [0.25, 0.3) is 0 Å². The summed E-state index contributed by atoms with van der Waals surface area (Å²) in [6.45, 7) is 4.32. The quantitative estimate of drug-likeness (QED) is 0.875. The van der Waals surface area contributed by atoms with Gasteiger partial charge in [0.05, 0.1) is 23.5 Å². The molecule has 0 atom stereocenters. The van der Waals surface area contributed by atoms with E-state index >= 15 is 0 Å². The van der Waals surface area contributed by atoms with E-state index in [1.54, 1.807) is 17.1 Å². The van der Waals surface area contributed by atoms with Gasteiger partial charge in [0.1, 0.15) is 0 Å². The van der Waals surface area contributed by atoms with Crippen LogP contribution >= 0.6 is 11.6 Å². The molecule has 0 aliphatic rings. The molecule has 5 nitrogen and oxygen atoms in total. The Labute approximate surface area is 105 Å². The fourth-order valence-corrected chi connectivity index (χ4v) is 1.64. The van der Waals surface area contributed by atoms with Crippen LogP contribution < -0.4 is 5.32 Å². The third-order valence-electron chi connectivity index (χ3n) is 2.33. The third kappa shape index (κ3) is 3.25. The average Bonchev–Trinajstić information content (AvgIpc) is 2.77. The highest BCUT2D eigenvalue weighted by Gasteiger charge is 2.03. The summed E-state index contributed by atoms with van der Waals surface area (Å²) in [4.78, 5) is 3.95. The minimum Gasteiger partial charge on any atom is -0.311 e. The second kappa shape index (κ2) is 5.75. The molecular weight excluding hydrogens is 238 g/mol. The molecule has 0 radical (unpaired) electrons. The normalized spacial score (nSPS) is 10.7. The molecular formula is C11H14ClN5. The van der Waals surface area contributed by atoms with Crippen molar-refractivity contribution in [3.8, 4) is 0 Å². The predicted molar refractivity (Wildman–Crippen MR) is 65.8 cm³/mol. The predicted octanol–water partition coefficient (Wildman–Crippen LogP) is 1.48. The van der Waals surface area contributed by atoms with Crippen LogP contribution in [-0.4, -0.2) is 26.5 Å². The van der Waals surface area contributed by atoms with Crippen LogP contribution in [0.2, 0.25) is 5.02 Å². The van der Waals surface area contributed by atoms with Gasteiger partial charge in [-0.1, -0.05) is 23.7 Å². The highest BCUT2D eigenvalue weighted by Crippen LogP contribution is 2.14. The van der Waals surface area contributed by atoms with Gasteiger partial charge >= 0.3 is 0 Å². The minimum absolute atomic E-state index is 0.612. The first-order valence-electron chi connectivity index (χ1n) is 5.47. The maximum absolute atomic E-state index is 6.03. The van der Waals surface area contributed by atoms with E-state index in [2.05, 4.69) is 27.5 Å². The molecule has 2 rings (SSSR count). The van der Waals surface area contributed by atoms with Gasteiger partial charge in [0.25, 0.3) is 0 Å². The van der Waals surface area contributed by atoms with Crippen molar-refractivity contribution in [2.45, 2.75) is 20.0 Å². The number of hydrogen-bond acceptors (Lipinski definition) is 4. The Morgan fingerprint density at radius 3 is 3.12 bits per heavy atom. The molecule has 2 heterocycles. The van der Waals surface area contributed by atoms with Gasteiger partial charge in [0.2, 0.25) is 0 Å². The number of halogens is 1. The van der Waals surface area contributed by atoms with Gasteiger partial charge in [-0.2, -0.15) is 0 Å². The van der Waals surface area contributed by atoms with Crippen molar-refractivity contribution in [1.82, 2.24) is 25.3 Å². The summed E-state index contributed by atoms with van der Waals surface area (Å²) in [5.74, 6) is 0. The summed E-state index contributed by atoms with van der Waals surface area (Å²) in [5.41, 5.74) is 1.92. The summed E-state index contributed by atoms with van der Waals surface area (Å²) < 4.78 is 1.77. The topological polar surface area (TPSA) is 55.6 Å². The van der Waals surface area contributed by atoms with Gasteiger partial charge in [-0.25, -0.2) is 4.68 Å². The molecule has 2 aromatic rings. The van der Waals surface area contributed by atoms with Crippen molar-refractivity contribution >= 4 is 11.6 Å². The number of hydrogen-bond donors (Lipinski definition) is 1. The van der Waals surface area contributed by atoms with Crippen LogP contribution in [0.1, 0.15) is 18.2 Å². The second-order valence-corrected chi connectivity index (χ2v) is 4.06. The van der Waals surface area contributed by atoms with Crippen LogP contribution in [0.3, 0.4) is 0 Å². The molecule has 0 aromatic carbocycles. The molecule has 0 amide bonds. The lowest BCUT2D eigenvalue weighted by atomic mass is 10.3. The number of nitrogens with one attached hydrogen (secondary N) is 1. The van der Waals surface area contributed by atoms with Crippen LogP contribution in [0.4, 0.5) is 0 Å². The SMILES string of the molecule is CCNCc1cn(Cc2ccncc2Cl)nn1. The number of aromatic nitrogens is 4. The molecule has 0 aliphatic carbocycles. The van der Waals surface area contributed by atoms with Crippen LogP contribution in [0.15, 0.2) is 24.7 Å². The maximum Gasteiger partial charge on any atom is 0.0964 e. The van der Waals surface area contributed by atoms with Gasteiger partial charge in [-0.05, 0) is 18.2 Å². The Morgan fingerprint density at radius 1 is 1.47 bits per heavy atom. The smallest absolute Gasteiger partial charge is 0.0964 e. The number of pyridine rings is 1. The van der Waals surface area contributed by atoms with E-state index in [-0.39, 0.29) is 0 Å². The molecule has 0 bridgehead atoms. The molecule has 0 saturated heterocycles. The lowest BCUT2D eigenvalue weighted by Crippen LogP contribution is -2.11. The van der Waals surface area contributed by atoms with Crippen molar-refractivity contribution < 1.29 is 0 Å². The van der Waals surface area contributed by atoms with E-state index < -0.39 is 0 Å². The lowest BCUT2D eigenvalue weighted by molar-refractivity contribution is 0.647. The zero-order valence-corrected chi connectivity index (χ0v) is 10.4. The summed E-state index contributed by atoms with van der Waals surface area (Å²) in [5, 5.41) is 12.0. The Balaban J connectivity index is 2.04. The summed E-state index contributed by atoms with van der Waals surface area (Å²) in [6.07, 6.45) is 5.27. The molecule has 0 fully saturated rings. The van der Waals surface area contributed by atoms with E-state index in [0.717, 1.165) is 24.3 Å². The Bertz CT molecular complexity index is 482. The first-order valence-corrected chi connectivity index (χ1v) is 5.85. The lowest BCUT2D eigenvalue weighted by Gasteiger charge is -2.02. The first kappa shape index (κ1) is 12.0. The van der Waals surface area contributed by atoms with Gasteiger partial charge in [-0.3, -0.25) is 4.98 Å². The van der Waals surface area contributed by atoms with E-state index in [1.165, 1.54) is 0 Å². The van der Waals surface area contributed by atoms with E-state index in [9.17, 15) is 0 Å². The summed E-state index contributed by atoms with van der Waals surface area (Å²) in [6, 6.07) is 1.88. The molecule has 90 valence electrons. The standard InChI is InChI=1S/C11H14ClN5/c1-2-13-5-10-8-17(16-15-10)7-9-3-4-14-6-11(9)12/h3-4,6,8,13H,2,5,7H2,1H3. The summed E-state index contributed by atoms with van der Waals surface area (Å²) >= 11 is 6.03. The Hall–Kier alpha value is -1.46. The Morgan fingerprint density at radius 2 is 2.35 bits per heavy atom. The van der Waals surface area contributed by atoms with Crippen molar-refractivity contribution in [3.05, 3.63) is 40.9 Å². The first-order chi connectivity index (χ1) is 8.29. The summed E-state index contributed by atoms with van der Waals surface area (Å²) in [7, 11) is 0. The fraction of sp³-hybridized carbons (Fsp3) is 0.364. The van der Waals surface area contributed by atoms with E-state index in [0.29, 0.717) is 11.6 Å². The van der Waals surface area contributed by atoms with Crippen LogP contribution in [0, 0.1) is 0 Å². The molecule has 6 heteroatoms. The third-order valence-corrected chi connectivity index (χ3v) is 2.67. The molecule has 0 aliphatic heterocycles. The monoisotopic (exact) mass is 251 g/mol. The van der Waals surface area contributed by atoms with Gasteiger partial charge < -0.3 is 5.32 Å². The van der Waals surface area contributed by atoms with Crippen molar-refractivity contribution in [3.63, 3.8) is 0 Å². The average molecular weight is 252 g/mol.